The van der Waals surface area contributed by atoms with Gasteiger partial charge in [-0.2, -0.15) is 0 Å². The summed E-state index contributed by atoms with van der Waals surface area (Å²) in [4.78, 5) is 25.2. The first-order valence-corrected chi connectivity index (χ1v) is 9.99. The van der Waals surface area contributed by atoms with Gasteiger partial charge in [-0.3, -0.25) is 9.59 Å². The van der Waals surface area contributed by atoms with Crippen LogP contribution in [0, 0.1) is 5.92 Å². The van der Waals surface area contributed by atoms with Crippen molar-refractivity contribution in [3.8, 4) is 11.5 Å². The topological polar surface area (TPSA) is 110 Å². The Kier molecular flexibility index (Phi) is 6.47. The Labute approximate surface area is 152 Å². The minimum absolute atomic E-state index is 0.0443. The van der Waals surface area contributed by atoms with Crippen LogP contribution >= 0.6 is 0 Å². The van der Waals surface area contributed by atoms with E-state index in [1.165, 1.54) is 19.1 Å². The van der Waals surface area contributed by atoms with Gasteiger partial charge in [-0.15, -0.1) is 0 Å². The predicted molar refractivity (Wildman–Crippen MR) is 94.0 cm³/mol. The molecule has 1 aliphatic rings. The Morgan fingerprint density at radius 3 is 2.12 bits per heavy atom. The number of rotatable bonds is 7. The van der Waals surface area contributed by atoms with Crippen LogP contribution in [0.5, 0.6) is 11.5 Å². The minimum Gasteiger partial charge on any atom is -0.497 e. The van der Waals surface area contributed by atoms with Gasteiger partial charge in [0.1, 0.15) is 27.9 Å². The summed E-state index contributed by atoms with van der Waals surface area (Å²) in [5.41, 5.74) is 0.666. The zero-order valence-electron chi connectivity index (χ0n) is 14.8. The Morgan fingerprint density at radius 2 is 1.65 bits per heavy atom. The molecule has 0 spiro atoms. The van der Waals surface area contributed by atoms with E-state index in [4.69, 9.17) is 14.6 Å². The summed E-state index contributed by atoms with van der Waals surface area (Å²) in [6, 6.07) is 5.09. The van der Waals surface area contributed by atoms with Crippen LogP contribution in [0.3, 0.4) is 0 Å². The molecule has 1 fully saturated rings. The van der Waals surface area contributed by atoms with Gasteiger partial charge in [0, 0.05) is 18.5 Å². The summed E-state index contributed by atoms with van der Waals surface area (Å²) >= 11 is 0. The number of ether oxygens (including phenoxy) is 2. The lowest BCUT2D eigenvalue weighted by molar-refractivity contribution is -0.147. The highest BCUT2D eigenvalue weighted by molar-refractivity contribution is 7.91. The van der Waals surface area contributed by atoms with Crippen molar-refractivity contribution in [1.29, 1.82) is 0 Å². The molecule has 1 N–H and O–H groups in total. The van der Waals surface area contributed by atoms with Crippen molar-refractivity contribution in [3.05, 3.63) is 23.8 Å². The fourth-order valence-corrected chi connectivity index (χ4v) is 4.44. The van der Waals surface area contributed by atoms with E-state index in [0.29, 0.717) is 17.1 Å². The van der Waals surface area contributed by atoms with E-state index in [0.717, 1.165) is 0 Å². The Hall–Kier alpha value is -2.29. The Morgan fingerprint density at radius 1 is 1.12 bits per heavy atom. The van der Waals surface area contributed by atoms with Crippen molar-refractivity contribution in [2.45, 2.75) is 19.4 Å². The molecule has 0 radical (unpaired) electrons. The fraction of sp³-hybridized carbons (Fsp3) is 0.529. The van der Waals surface area contributed by atoms with Gasteiger partial charge >= 0.3 is 5.97 Å². The Bertz CT molecular complexity index is 739. The maximum absolute atomic E-state index is 12.8. The Balaban J connectivity index is 2.19. The second-order valence-electron chi connectivity index (χ2n) is 6.24. The highest BCUT2D eigenvalue weighted by atomic mass is 32.2. The lowest BCUT2D eigenvalue weighted by Crippen LogP contribution is -2.41. The van der Waals surface area contributed by atoms with Crippen molar-refractivity contribution in [2.75, 3.05) is 32.3 Å². The molecule has 9 heteroatoms. The fourth-order valence-electron chi connectivity index (χ4n) is 2.95. The van der Waals surface area contributed by atoms with E-state index in [-0.39, 0.29) is 36.8 Å². The molecule has 1 aliphatic heterocycles. The second kappa shape index (κ2) is 8.39. The van der Waals surface area contributed by atoms with Gasteiger partial charge < -0.3 is 19.5 Å². The highest BCUT2D eigenvalue weighted by Crippen LogP contribution is 2.25. The van der Waals surface area contributed by atoms with Crippen LogP contribution in [0.1, 0.15) is 18.4 Å². The van der Waals surface area contributed by atoms with Gasteiger partial charge in [0.15, 0.2) is 0 Å². The summed E-state index contributed by atoms with van der Waals surface area (Å²) in [6.07, 6.45) is 0.442. The van der Waals surface area contributed by atoms with E-state index in [1.54, 1.807) is 18.2 Å². The monoisotopic (exact) mass is 385 g/mol. The third-order valence-electron chi connectivity index (χ3n) is 4.33. The molecule has 144 valence electrons. The number of amides is 1. The van der Waals surface area contributed by atoms with Crippen LogP contribution < -0.4 is 9.47 Å². The molecular weight excluding hydrogens is 362 g/mol. The van der Waals surface area contributed by atoms with Crippen molar-refractivity contribution >= 4 is 21.7 Å². The zero-order valence-corrected chi connectivity index (χ0v) is 15.6. The molecule has 0 atom stereocenters. The van der Waals surface area contributed by atoms with E-state index < -0.39 is 28.3 Å². The number of carboxylic acids is 1. The van der Waals surface area contributed by atoms with Crippen molar-refractivity contribution in [2.24, 2.45) is 5.92 Å². The number of aliphatic carboxylic acids is 1. The molecule has 0 aromatic heterocycles. The normalized spacial score (nSPS) is 16.7. The SMILES string of the molecule is COc1cc(CN(CC(=O)O)C(=O)C2CCS(=O)(=O)CC2)cc(OC)c1. The summed E-state index contributed by atoms with van der Waals surface area (Å²) < 4.78 is 33.5. The van der Waals surface area contributed by atoms with Gasteiger partial charge in [-0.25, -0.2) is 8.42 Å². The van der Waals surface area contributed by atoms with Crippen LogP contribution in [-0.4, -0.2) is 62.6 Å². The average molecular weight is 385 g/mol. The first-order chi connectivity index (χ1) is 12.2. The molecular formula is C17H23NO7S. The first-order valence-electron chi connectivity index (χ1n) is 8.17. The maximum atomic E-state index is 12.8. The molecule has 1 aromatic carbocycles. The predicted octanol–water partition coefficient (Wildman–Crippen LogP) is 0.942. The number of carboxylic acid groups (broad SMARTS) is 1. The van der Waals surface area contributed by atoms with E-state index in [2.05, 4.69) is 0 Å². The molecule has 26 heavy (non-hydrogen) atoms. The van der Waals surface area contributed by atoms with Crippen LogP contribution in [0.15, 0.2) is 18.2 Å². The molecule has 0 bridgehead atoms. The lowest BCUT2D eigenvalue weighted by atomic mass is 10.0. The van der Waals surface area contributed by atoms with Crippen molar-refractivity contribution < 1.29 is 32.6 Å². The first kappa shape index (κ1) is 20.0. The number of benzene rings is 1. The summed E-state index contributed by atoms with van der Waals surface area (Å²) in [5, 5.41) is 9.15. The minimum atomic E-state index is -3.09. The van der Waals surface area contributed by atoms with Crippen LogP contribution in [0.2, 0.25) is 0 Å². The quantitative estimate of drug-likeness (QED) is 0.744. The third-order valence-corrected chi connectivity index (χ3v) is 6.04. The number of carbonyl (C=O) groups is 2. The molecule has 0 saturated carbocycles. The molecule has 0 aliphatic carbocycles. The third kappa shape index (κ3) is 5.35. The van der Waals surface area contributed by atoms with Gasteiger partial charge in [-0.1, -0.05) is 0 Å². The molecule has 1 heterocycles. The number of carbonyl (C=O) groups excluding carboxylic acids is 1. The molecule has 1 amide bonds. The molecule has 2 rings (SSSR count). The van der Waals surface area contributed by atoms with Crippen LogP contribution in [0.25, 0.3) is 0 Å². The second-order valence-corrected chi connectivity index (χ2v) is 8.54. The maximum Gasteiger partial charge on any atom is 0.323 e. The number of hydrogen-bond acceptors (Lipinski definition) is 6. The molecule has 0 unspecified atom stereocenters. The molecule has 8 nitrogen and oxygen atoms in total. The van der Waals surface area contributed by atoms with E-state index in [1.807, 2.05) is 0 Å². The smallest absolute Gasteiger partial charge is 0.323 e. The van der Waals surface area contributed by atoms with Gasteiger partial charge in [0.05, 0.1) is 25.7 Å². The standard InChI is InChI=1S/C17H23NO7S/c1-24-14-7-12(8-15(9-14)25-2)10-18(11-16(19)20)17(21)13-3-5-26(22,23)6-4-13/h7-9,13H,3-6,10-11H2,1-2H3,(H,19,20). The van der Waals surface area contributed by atoms with Crippen LogP contribution in [0.4, 0.5) is 0 Å². The lowest BCUT2D eigenvalue weighted by Gasteiger charge is -2.28. The van der Waals surface area contributed by atoms with Crippen molar-refractivity contribution in [3.63, 3.8) is 0 Å². The van der Waals surface area contributed by atoms with Gasteiger partial charge in [-0.05, 0) is 30.5 Å². The molecule has 1 saturated heterocycles. The number of hydrogen-bond donors (Lipinski definition) is 1. The van der Waals surface area contributed by atoms with Crippen LogP contribution in [-0.2, 0) is 26.0 Å². The average Bonchev–Trinajstić information content (AvgIpc) is 2.59. The number of nitrogens with zero attached hydrogens (tertiary/aromatic N) is 1. The largest absolute Gasteiger partial charge is 0.497 e. The summed E-state index contributed by atoms with van der Waals surface area (Å²) in [5.74, 6) is -0.975. The summed E-state index contributed by atoms with van der Waals surface area (Å²) in [7, 11) is -0.0926. The van der Waals surface area contributed by atoms with E-state index in [9.17, 15) is 18.0 Å². The number of methoxy groups -OCH3 is 2. The zero-order chi connectivity index (χ0) is 19.3. The number of sulfone groups is 1. The van der Waals surface area contributed by atoms with Gasteiger partial charge in [0.25, 0.3) is 0 Å². The van der Waals surface area contributed by atoms with E-state index >= 15 is 0 Å². The molecule has 1 aromatic rings. The highest BCUT2D eigenvalue weighted by Gasteiger charge is 2.32. The van der Waals surface area contributed by atoms with Gasteiger partial charge in [0.2, 0.25) is 5.91 Å². The summed E-state index contributed by atoms with van der Waals surface area (Å²) in [6.45, 7) is -0.385. The van der Waals surface area contributed by atoms with Crippen molar-refractivity contribution in [1.82, 2.24) is 4.90 Å².